The summed E-state index contributed by atoms with van der Waals surface area (Å²) in [6.45, 7) is 2.93. The van der Waals surface area contributed by atoms with E-state index in [1.54, 1.807) is 35.3 Å². The Hall–Kier alpha value is -2.93. The molecule has 7 heteroatoms. The van der Waals surface area contributed by atoms with Crippen LogP contribution in [0.15, 0.2) is 60.9 Å². The van der Waals surface area contributed by atoms with Crippen molar-refractivity contribution in [1.29, 1.82) is 0 Å². The molecular formula is C19H19FN4OS. The molecule has 2 aromatic carbocycles. The second-order valence-corrected chi connectivity index (χ2v) is 5.96. The Kier molecular flexibility index (Phi) is 5.80. The first-order valence-corrected chi connectivity index (χ1v) is 8.61. The summed E-state index contributed by atoms with van der Waals surface area (Å²) >= 11 is 5.31. The highest BCUT2D eigenvalue weighted by atomic mass is 32.1. The average molecular weight is 370 g/mol. The van der Waals surface area contributed by atoms with Gasteiger partial charge in [-0.3, -0.25) is 4.68 Å². The van der Waals surface area contributed by atoms with Crippen molar-refractivity contribution in [2.75, 3.05) is 17.2 Å². The lowest BCUT2D eigenvalue weighted by molar-refractivity contribution is 0.340. The van der Waals surface area contributed by atoms with Crippen LogP contribution in [-0.2, 0) is 6.54 Å². The topological polar surface area (TPSA) is 51.1 Å². The number of rotatable bonds is 6. The van der Waals surface area contributed by atoms with E-state index in [-0.39, 0.29) is 5.82 Å². The summed E-state index contributed by atoms with van der Waals surface area (Å²) in [7, 11) is 0. The highest BCUT2D eigenvalue weighted by Crippen LogP contribution is 2.16. The highest BCUT2D eigenvalue weighted by Gasteiger charge is 2.05. The Morgan fingerprint density at radius 3 is 2.58 bits per heavy atom. The molecule has 0 bridgehead atoms. The number of thiocarbonyl (C=S) groups is 1. The molecule has 0 spiro atoms. The Balaban J connectivity index is 1.56. The van der Waals surface area contributed by atoms with E-state index in [4.69, 9.17) is 17.0 Å². The van der Waals surface area contributed by atoms with Gasteiger partial charge in [-0.25, -0.2) is 4.39 Å². The van der Waals surface area contributed by atoms with E-state index in [1.807, 2.05) is 31.2 Å². The van der Waals surface area contributed by atoms with Crippen molar-refractivity contribution >= 4 is 28.7 Å². The third-order valence-corrected chi connectivity index (χ3v) is 3.81. The summed E-state index contributed by atoms with van der Waals surface area (Å²) in [5, 5.41) is 10.8. The molecular weight excluding hydrogens is 351 g/mol. The zero-order valence-electron chi connectivity index (χ0n) is 14.3. The van der Waals surface area contributed by atoms with Crippen LogP contribution in [0.4, 0.5) is 15.8 Å². The molecule has 26 heavy (non-hydrogen) atoms. The van der Waals surface area contributed by atoms with Gasteiger partial charge in [-0.05, 0) is 49.5 Å². The number of benzene rings is 2. The fourth-order valence-electron chi connectivity index (χ4n) is 2.41. The molecule has 2 N–H and O–H groups in total. The third-order valence-electron chi connectivity index (χ3n) is 3.60. The van der Waals surface area contributed by atoms with Crippen molar-refractivity contribution < 1.29 is 9.13 Å². The predicted octanol–water partition coefficient (Wildman–Crippen LogP) is 4.28. The lowest BCUT2D eigenvalue weighted by Gasteiger charge is -2.10. The van der Waals surface area contributed by atoms with Gasteiger partial charge in [0.1, 0.15) is 11.6 Å². The molecule has 3 aromatic rings. The number of ether oxygens (including phenoxy) is 1. The Labute approximate surface area is 156 Å². The van der Waals surface area contributed by atoms with Gasteiger partial charge >= 0.3 is 0 Å². The van der Waals surface area contributed by atoms with E-state index < -0.39 is 0 Å². The maximum absolute atomic E-state index is 13.7. The van der Waals surface area contributed by atoms with Gasteiger partial charge in [0.25, 0.3) is 0 Å². The monoisotopic (exact) mass is 370 g/mol. The first-order valence-electron chi connectivity index (χ1n) is 8.21. The number of anilines is 2. The zero-order chi connectivity index (χ0) is 18.4. The molecule has 0 aliphatic carbocycles. The van der Waals surface area contributed by atoms with Gasteiger partial charge in [-0.15, -0.1) is 0 Å². The molecule has 0 saturated heterocycles. The van der Waals surface area contributed by atoms with E-state index in [1.165, 1.54) is 6.07 Å². The second kappa shape index (κ2) is 8.44. The van der Waals surface area contributed by atoms with E-state index >= 15 is 0 Å². The normalized spacial score (nSPS) is 10.4. The van der Waals surface area contributed by atoms with Crippen LogP contribution in [0, 0.1) is 5.82 Å². The number of hydrogen-bond acceptors (Lipinski definition) is 3. The van der Waals surface area contributed by atoms with Gasteiger partial charge in [-0.1, -0.05) is 18.2 Å². The molecule has 0 amide bonds. The largest absolute Gasteiger partial charge is 0.494 e. The first-order chi connectivity index (χ1) is 12.6. The van der Waals surface area contributed by atoms with Crippen molar-refractivity contribution in [2.24, 2.45) is 0 Å². The molecule has 5 nitrogen and oxygen atoms in total. The van der Waals surface area contributed by atoms with Crippen molar-refractivity contribution in [3.05, 3.63) is 72.3 Å². The number of hydrogen-bond donors (Lipinski definition) is 2. The Bertz CT molecular complexity index is 879. The van der Waals surface area contributed by atoms with Crippen molar-refractivity contribution in [2.45, 2.75) is 13.5 Å². The van der Waals surface area contributed by atoms with Crippen molar-refractivity contribution in [1.82, 2.24) is 9.78 Å². The lowest BCUT2D eigenvalue weighted by atomic mass is 10.2. The molecule has 0 unspecified atom stereocenters. The SMILES string of the molecule is CCOc1ccc(NC(=S)Nc2cnn(Cc3ccccc3F)c2)cc1. The molecule has 0 fully saturated rings. The van der Waals surface area contributed by atoms with Gasteiger partial charge in [0, 0.05) is 17.4 Å². The summed E-state index contributed by atoms with van der Waals surface area (Å²) in [5.74, 6) is 0.566. The van der Waals surface area contributed by atoms with Crippen LogP contribution in [-0.4, -0.2) is 21.5 Å². The fraction of sp³-hybridized carbons (Fsp3) is 0.158. The van der Waals surface area contributed by atoms with Gasteiger partial charge < -0.3 is 15.4 Å². The molecule has 3 rings (SSSR count). The lowest BCUT2D eigenvalue weighted by Crippen LogP contribution is -2.18. The van der Waals surface area contributed by atoms with Gasteiger partial charge in [0.15, 0.2) is 5.11 Å². The molecule has 1 aromatic heterocycles. The van der Waals surface area contributed by atoms with Crippen molar-refractivity contribution in [3.63, 3.8) is 0 Å². The smallest absolute Gasteiger partial charge is 0.175 e. The predicted molar refractivity (Wildman–Crippen MR) is 105 cm³/mol. The maximum Gasteiger partial charge on any atom is 0.175 e. The molecule has 0 radical (unpaired) electrons. The molecule has 0 aliphatic heterocycles. The van der Waals surface area contributed by atoms with Crippen LogP contribution in [0.1, 0.15) is 12.5 Å². The van der Waals surface area contributed by atoms with Crippen LogP contribution >= 0.6 is 12.2 Å². The van der Waals surface area contributed by atoms with E-state index in [0.717, 1.165) is 17.1 Å². The second-order valence-electron chi connectivity index (χ2n) is 5.55. The van der Waals surface area contributed by atoms with Crippen LogP contribution in [0.5, 0.6) is 5.75 Å². The van der Waals surface area contributed by atoms with Crippen LogP contribution in [0.3, 0.4) is 0 Å². The van der Waals surface area contributed by atoms with Crippen molar-refractivity contribution in [3.8, 4) is 5.75 Å². The van der Waals surface area contributed by atoms with Crippen LogP contribution in [0.25, 0.3) is 0 Å². The molecule has 0 saturated carbocycles. The summed E-state index contributed by atoms with van der Waals surface area (Å²) in [6, 6.07) is 14.2. The van der Waals surface area contributed by atoms with Gasteiger partial charge in [0.2, 0.25) is 0 Å². The zero-order valence-corrected chi connectivity index (χ0v) is 15.1. The number of aromatic nitrogens is 2. The molecule has 1 heterocycles. The molecule has 0 aliphatic rings. The summed E-state index contributed by atoms with van der Waals surface area (Å²) in [4.78, 5) is 0. The third kappa shape index (κ3) is 4.80. The fourth-order valence-corrected chi connectivity index (χ4v) is 2.65. The minimum Gasteiger partial charge on any atom is -0.494 e. The quantitative estimate of drug-likeness (QED) is 0.635. The number of nitrogens with one attached hydrogen (secondary N) is 2. The molecule has 134 valence electrons. The van der Waals surface area contributed by atoms with Crippen LogP contribution in [0.2, 0.25) is 0 Å². The Morgan fingerprint density at radius 2 is 1.85 bits per heavy atom. The first kappa shape index (κ1) is 17.9. The van der Waals surface area contributed by atoms with E-state index in [0.29, 0.717) is 23.8 Å². The minimum absolute atomic E-state index is 0.245. The molecule has 0 atom stereocenters. The summed E-state index contributed by atoms with van der Waals surface area (Å²) in [6.07, 6.45) is 3.42. The number of nitrogens with zero attached hydrogens (tertiary/aromatic N) is 2. The van der Waals surface area contributed by atoms with Gasteiger partial charge in [-0.2, -0.15) is 5.10 Å². The number of halogens is 1. The van der Waals surface area contributed by atoms with Gasteiger partial charge in [0.05, 0.1) is 25.0 Å². The summed E-state index contributed by atoms with van der Waals surface area (Å²) < 4.78 is 20.8. The van der Waals surface area contributed by atoms with Crippen LogP contribution < -0.4 is 15.4 Å². The van der Waals surface area contributed by atoms with E-state index in [2.05, 4.69) is 15.7 Å². The highest BCUT2D eigenvalue weighted by molar-refractivity contribution is 7.80. The minimum atomic E-state index is -0.245. The average Bonchev–Trinajstić information content (AvgIpc) is 3.06. The standard InChI is InChI=1S/C19H19FN4OS/c1-2-25-17-9-7-15(8-10-17)22-19(26)23-16-11-21-24(13-16)12-14-5-3-4-6-18(14)20/h3-11,13H,2,12H2,1H3,(H2,22,23,26). The maximum atomic E-state index is 13.7. The summed E-state index contributed by atoms with van der Waals surface area (Å²) in [5.41, 5.74) is 2.16. The Morgan fingerprint density at radius 1 is 1.12 bits per heavy atom. The van der Waals surface area contributed by atoms with E-state index in [9.17, 15) is 4.39 Å².